The van der Waals surface area contributed by atoms with E-state index in [1.165, 1.54) is 23.1 Å². The lowest BCUT2D eigenvalue weighted by Crippen LogP contribution is -2.07. The van der Waals surface area contributed by atoms with E-state index in [-0.39, 0.29) is 0 Å². The molecule has 4 nitrogen and oxygen atoms in total. The van der Waals surface area contributed by atoms with E-state index < -0.39 is 0 Å². The van der Waals surface area contributed by atoms with Crippen LogP contribution < -0.4 is 4.90 Å². The maximum atomic E-state index is 8.80. The molecule has 0 N–H and O–H groups in total. The van der Waals surface area contributed by atoms with Gasteiger partial charge in [-0.3, -0.25) is 0 Å². The highest BCUT2D eigenvalue weighted by Gasteiger charge is 2.08. The van der Waals surface area contributed by atoms with E-state index in [4.69, 9.17) is 16.9 Å². The normalized spacial score (nSPS) is 10.1. The van der Waals surface area contributed by atoms with E-state index in [0.29, 0.717) is 10.6 Å². The molecule has 0 fully saturated rings. The van der Waals surface area contributed by atoms with Gasteiger partial charge in [0.25, 0.3) is 0 Å². The first-order valence-corrected chi connectivity index (χ1v) is 6.99. The van der Waals surface area contributed by atoms with Gasteiger partial charge in [0.05, 0.1) is 10.6 Å². The van der Waals surface area contributed by atoms with Gasteiger partial charge in [-0.25, -0.2) is 0 Å². The lowest BCUT2D eigenvalue weighted by Gasteiger charge is -2.03. The van der Waals surface area contributed by atoms with Gasteiger partial charge in [-0.2, -0.15) is 5.26 Å². The number of rotatable bonds is 3. The minimum Gasteiger partial charge on any atom is -0.353 e. The lowest BCUT2D eigenvalue weighted by atomic mass is 10.2. The summed E-state index contributed by atoms with van der Waals surface area (Å²) in [7, 11) is 3.85. The standard InChI is InChI=1S/C11H9ClN4S2/c1-16(2)10-14-15-11(18-10)17-8-4-3-7(6-13)9(12)5-8/h3-5H,1-2H3. The smallest absolute Gasteiger partial charge is 0.208 e. The third kappa shape index (κ3) is 2.93. The van der Waals surface area contributed by atoms with E-state index in [2.05, 4.69) is 10.2 Å². The summed E-state index contributed by atoms with van der Waals surface area (Å²) in [5.74, 6) is 0. The van der Waals surface area contributed by atoms with Crippen LogP contribution in [0, 0.1) is 11.3 Å². The highest BCUT2D eigenvalue weighted by atomic mass is 35.5. The Morgan fingerprint density at radius 2 is 2.17 bits per heavy atom. The zero-order chi connectivity index (χ0) is 13.1. The highest BCUT2D eigenvalue weighted by molar-refractivity contribution is 8.01. The number of hydrogen-bond acceptors (Lipinski definition) is 6. The van der Waals surface area contributed by atoms with Crippen molar-refractivity contribution in [1.82, 2.24) is 10.2 Å². The molecular weight excluding hydrogens is 288 g/mol. The van der Waals surface area contributed by atoms with Crippen molar-refractivity contribution in [3.63, 3.8) is 0 Å². The average Bonchev–Trinajstić information content (AvgIpc) is 2.78. The summed E-state index contributed by atoms with van der Waals surface area (Å²) in [6.07, 6.45) is 0. The second kappa shape index (κ2) is 5.57. The number of nitrogens with zero attached hydrogens (tertiary/aromatic N) is 4. The van der Waals surface area contributed by atoms with Crippen LogP contribution in [-0.2, 0) is 0 Å². The van der Waals surface area contributed by atoms with Crippen molar-refractivity contribution in [2.45, 2.75) is 9.24 Å². The minimum absolute atomic E-state index is 0.458. The monoisotopic (exact) mass is 296 g/mol. The van der Waals surface area contributed by atoms with Crippen molar-refractivity contribution in [1.29, 1.82) is 5.26 Å². The van der Waals surface area contributed by atoms with E-state index in [9.17, 15) is 0 Å². The van der Waals surface area contributed by atoms with Gasteiger partial charge in [-0.05, 0) is 18.2 Å². The summed E-state index contributed by atoms with van der Waals surface area (Å²) in [6, 6.07) is 7.36. The fourth-order valence-electron chi connectivity index (χ4n) is 1.18. The maximum Gasteiger partial charge on any atom is 0.208 e. The molecule has 1 aromatic heterocycles. The van der Waals surface area contributed by atoms with Gasteiger partial charge in [0.1, 0.15) is 6.07 Å². The van der Waals surface area contributed by atoms with Crippen LogP contribution in [0.5, 0.6) is 0 Å². The SMILES string of the molecule is CN(C)c1nnc(Sc2ccc(C#N)c(Cl)c2)s1. The molecule has 2 aromatic rings. The first-order valence-electron chi connectivity index (χ1n) is 4.98. The molecule has 0 bridgehead atoms. The van der Waals surface area contributed by atoms with Gasteiger partial charge in [0.15, 0.2) is 4.34 Å². The molecule has 0 aliphatic rings. The van der Waals surface area contributed by atoms with Crippen molar-refractivity contribution < 1.29 is 0 Å². The Balaban J connectivity index is 2.18. The van der Waals surface area contributed by atoms with Crippen molar-refractivity contribution >= 4 is 39.8 Å². The molecule has 1 aromatic carbocycles. The van der Waals surface area contributed by atoms with Crippen LogP contribution in [0.4, 0.5) is 5.13 Å². The Morgan fingerprint density at radius 1 is 1.39 bits per heavy atom. The molecule has 0 atom stereocenters. The molecule has 0 aliphatic carbocycles. The molecule has 0 saturated carbocycles. The minimum atomic E-state index is 0.458. The molecular formula is C11H9ClN4S2. The molecule has 2 rings (SSSR count). The topological polar surface area (TPSA) is 52.8 Å². The average molecular weight is 297 g/mol. The predicted octanol–water partition coefficient (Wildman–Crippen LogP) is 3.28. The number of halogens is 1. The molecule has 0 saturated heterocycles. The number of hydrogen-bond donors (Lipinski definition) is 0. The second-order valence-electron chi connectivity index (χ2n) is 3.60. The summed E-state index contributed by atoms with van der Waals surface area (Å²) in [6.45, 7) is 0. The fraction of sp³-hybridized carbons (Fsp3) is 0.182. The van der Waals surface area contributed by atoms with Crippen molar-refractivity contribution in [2.24, 2.45) is 0 Å². The molecule has 0 aliphatic heterocycles. The van der Waals surface area contributed by atoms with Gasteiger partial charge < -0.3 is 4.90 Å². The van der Waals surface area contributed by atoms with Crippen LogP contribution in [-0.4, -0.2) is 24.3 Å². The van der Waals surface area contributed by atoms with Gasteiger partial charge in [-0.1, -0.05) is 34.7 Å². The largest absolute Gasteiger partial charge is 0.353 e. The molecule has 0 spiro atoms. The molecule has 1 heterocycles. The number of anilines is 1. The summed E-state index contributed by atoms with van der Waals surface area (Å²) < 4.78 is 0.847. The summed E-state index contributed by atoms with van der Waals surface area (Å²) in [5.41, 5.74) is 0.479. The first-order chi connectivity index (χ1) is 8.60. The van der Waals surface area contributed by atoms with Gasteiger partial charge >= 0.3 is 0 Å². The third-order valence-corrected chi connectivity index (χ3v) is 4.49. The Bertz CT molecular complexity index is 603. The molecule has 92 valence electrons. The number of benzene rings is 1. The van der Waals surface area contributed by atoms with Crippen molar-refractivity contribution in [3.05, 3.63) is 28.8 Å². The fourth-order valence-corrected chi connectivity index (χ4v) is 3.24. The first kappa shape index (κ1) is 13.1. The van der Waals surface area contributed by atoms with Gasteiger partial charge in [0.2, 0.25) is 5.13 Å². The molecule has 0 radical (unpaired) electrons. The van der Waals surface area contributed by atoms with E-state index in [1.54, 1.807) is 12.1 Å². The number of nitriles is 1. The van der Waals surface area contributed by atoms with Crippen molar-refractivity contribution in [2.75, 3.05) is 19.0 Å². The Kier molecular flexibility index (Phi) is 4.07. The summed E-state index contributed by atoms with van der Waals surface area (Å²) in [4.78, 5) is 2.86. The van der Waals surface area contributed by atoms with E-state index in [1.807, 2.05) is 31.1 Å². The van der Waals surface area contributed by atoms with Gasteiger partial charge in [-0.15, -0.1) is 10.2 Å². The summed E-state index contributed by atoms with van der Waals surface area (Å²) in [5, 5.41) is 18.3. The second-order valence-corrected chi connectivity index (χ2v) is 6.28. The Hall–Kier alpha value is -1.29. The molecule has 0 amide bonds. The Labute approximate surface area is 118 Å². The van der Waals surface area contributed by atoms with Crippen LogP contribution in [0.25, 0.3) is 0 Å². The van der Waals surface area contributed by atoms with Crippen LogP contribution in [0.3, 0.4) is 0 Å². The van der Waals surface area contributed by atoms with Crippen molar-refractivity contribution in [3.8, 4) is 6.07 Å². The predicted molar refractivity (Wildman–Crippen MR) is 74.5 cm³/mol. The Morgan fingerprint density at radius 3 is 2.72 bits per heavy atom. The van der Waals surface area contributed by atoms with Gasteiger partial charge in [0, 0.05) is 19.0 Å². The summed E-state index contributed by atoms with van der Waals surface area (Å²) >= 11 is 8.97. The zero-order valence-electron chi connectivity index (χ0n) is 9.72. The van der Waals surface area contributed by atoms with Crippen LogP contribution in [0.1, 0.15) is 5.56 Å². The van der Waals surface area contributed by atoms with Crippen LogP contribution in [0.2, 0.25) is 5.02 Å². The van der Waals surface area contributed by atoms with E-state index in [0.717, 1.165) is 14.4 Å². The van der Waals surface area contributed by atoms with Crippen LogP contribution >= 0.6 is 34.7 Å². The molecule has 18 heavy (non-hydrogen) atoms. The third-order valence-electron chi connectivity index (χ3n) is 2.04. The molecule has 7 heteroatoms. The van der Waals surface area contributed by atoms with Crippen LogP contribution in [0.15, 0.2) is 27.4 Å². The zero-order valence-corrected chi connectivity index (χ0v) is 12.1. The quantitative estimate of drug-likeness (QED) is 0.870. The van der Waals surface area contributed by atoms with E-state index >= 15 is 0 Å². The highest BCUT2D eigenvalue weighted by Crippen LogP contribution is 2.34. The lowest BCUT2D eigenvalue weighted by molar-refractivity contribution is 0.972. The maximum absolute atomic E-state index is 8.80. The number of aromatic nitrogens is 2. The molecule has 0 unspecified atom stereocenters.